The lowest BCUT2D eigenvalue weighted by Gasteiger charge is -2.13. The summed E-state index contributed by atoms with van der Waals surface area (Å²) in [6.07, 6.45) is 4.07. The molecule has 1 saturated heterocycles. The van der Waals surface area contributed by atoms with Crippen molar-refractivity contribution in [3.63, 3.8) is 0 Å². The number of hydrogen-bond donors (Lipinski definition) is 2. The lowest BCUT2D eigenvalue weighted by atomic mass is 10.1. The average molecular weight is 368 g/mol. The van der Waals surface area contributed by atoms with Gasteiger partial charge in [0, 0.05) is 44.3 Å². The number of aliphatic imine (C=N–C) groups is 1. The Hall–Kier alpha value is -1.30. The summed E-state index contributed by atoms with van der Waals surface area (Å²) < 4.78 is 11.0. The summed E-state index contributed by atoms with van der Waals surface area (Å²) in [7, 11) is 1.79. The first-order valence-electron chi connectivity index (χ1n) is 9.13. The first-order valence-corrected chi connectivity index (χ1v) is 9.51. The van der Waals surface area contributed by atoms with Crippen molar-refractivity contribution in [2.75, 3.05) is 46.6 Å². The van der Waals surface area contributed by atoms with Gasteiger partial charge in [-0.1, -0.05) is 29.8 Å². The molecule has 1 unspecified atom stereocenters. The second-order valence-corrected chi connectivity index (χ2v) is 6.69. The van der Waals surface area contributed by atoms with E-state index in [4.69, 9.17) is 21.1 Å². The third-order valence-electron chi connectivity index (χ3n) is 4.23. The molecule has 0 spiro atoms. The monoisotopic (exact) mass is 367 g/mol. The molecule has 0 radical (unpaired) electrons. The molecule has 1 fully saturated rings. The molecule has 1 heterocycles. The van der Waals surface area contributed by atoms with Crippen LogP contribution in [0.3, 0.4) is 0 Å². The van der Waals surface area contributed by atoms with Crippen molar-refractivity contribution < 1.29 is 9.47 Å². The average Bonchev–Trinajstić information content (AvgIpc) is 3.14. The van der Waals surface area contributed by atoms with Gasteiger partial charge in [-0.3, -0.25) is 4.99 Å². The molecule has 6 heteroatoms. The van der Waals surface area contributed by atoms with E-state index in [1.54, 1.807) is 7.05 Å². The minimum absolute atomic E-state index is 0.584. The summed E-state index contributed by atoms with van der Waals surface area (Å²) in [6.45, 7) is 5.04. The van der Waals surface area contributed by atoms with Gasteiger partial charge in [-0.05, 0) is 37.3 Å². The molecule has 1 aromatic rings. The van der Waals surface area contributed by atoms with Crippen molar-refractivity contribution in [3.8, 4) is 0 Å². The number of ether oxygens (including phenoxy) is 2. The largest absolute Gasteiger partial charge is 0.381 e. The molecule has 0 aliphatic carbocycles. The molecule has 1 atom stereocenters. The molecule has 5 nitrogen and oxygen atoms in total. The van der Waals surface area contributed by atoms with Gasteiger partial charge in [-0.15, -0.1) is 0 Å². The van der Waals surface area contributed by atoms with Crippen LogP contribution in [-0.2, 0) is 15.9 Å². The third-order valence-corrected chi connectivity index (χ3v) is 4.60. The molecule has 0 saturated carbocycles. The van der Waals surface area contributed by atoms with Crippen molar-refractivity contribution in [2.45, 2.75) is 25.7 Å². The SMILES string of the molecule is CN=C(NCCCOCC1CCOC1)NCCCc1ccccc1Cl. The van der Waals surface area contributed by atoms with Gasteiger partial charge >= 0.3 is 0 Å². The van der Waals surface area contributed by atoms with Gasteiger partial charge in [0.05, 0.1) is 13.2 Å². The van der Waals surface area contributed by atoms with E-state index in [1.807, 2.05) is 18.2 Å². The van der Waals surface area contributed by atoms with E-state index in [-0.39, 0.29) is 0 Å². The molecule has 1 aliphatic rings. The van der Waals surface area contributed by atoms with E-state index in [0.717, 1.165) is 76.2 Å². The first-order chi connectivity index (χ1) is 12.3. The van der Waals surface area contributed by atoms with Crippen molar-refractivity contribution in [2.24, 2.45) is 10.9 Å². The standard InChI is InChI=1S/C19H30ClN3O2/c1-21-19(22-10-4-7-17-6-2-3-8-18(17)20)23-11-5-12-24-14-16-9-13-25-15-16/h2-3,6,8,16H,4-5,7,9-15H2,1H3,(H2,21,22,23). The molecule has 1 aliphatic heterocycles. The summed E-state index contributed by atoms with van der Waals surface area (Å²) >= 11 is 6.17. The van der Waals surface area contributed by atoms with Crippen LogP contribution in [-0.4, -0.2) is 52.5 Å². The maximum absolute atomic E-state index is 6.17. The van der Waals surface area contributed by atoms with Crippen LogP contribution >= 0.6 is 11.6 Å². The highest BCUT2D eigenvalue weighted by molar-refractivity contribution is 6.31. The second-order valence-electron chi connectivity index (χ2n) is 6.28. The summed E-state index contributed by atoms with van der Waals surface area (Å²) in [6, 6.07) is 8.00. The predicted octanol–water partition coefficient (Wildman–Crippen LogP) is 2.88. The van der Waals surface area contributed by atoms with E-state index in [2.05, 4.69) is 21.7 Å². The Morgan fingerprint density at radius 1 is 1.28 bits per heavy atom. The third kappa shape index (κ3) is 8.08. The highest BCUT2D eigenvalue weighted by atomic mass is 35.5. The van der Waals surface area contributed by atoms with Crippen LogP contribution in [0.25, 0.3) is 0 Å². The number of halogens is 1. The number of aryl methyl sites for hydroxylation is 1. The Bertz CT molecular complexity index is 519. The Labute approximate surface area is 156 Å². The normalized spacial score (nSPS) is 17.7. The molecule has 2 N–H and O–H groups in total. The number of rotatable bonds is 10. The van der Waals surface area contributed by atoms with E-state index in [1.165, 1.54) is 5.56 Å². The summed E-state index contributed by atoms with van der Waals surface area (Å²) in [5.41, 5.74) is 1.19. The van der Waals surface area contributed by atoms with Crippen molar-refractivity contribution in [1.29, 1.82) is 0 Å². The fraction of sp³-hybridized carbons (Fsp3) is 0.632. The molecule has 1 aromatic carbocycles. The van der Waals surface area contributed by atoms with Crippen molar-refractivity contribution >= 4 is 17.6 Å². The van der Waals surface area contributed by atoms with Crippen molar-refractivity contribution in [3.05, 3.63) is 34.9 Å². The zero-order chi connectivity index (χ0) is 17.7. The molecule has 140 valence electrons. The minimum Gasteiger partial charge on any atom is -0.381 e. The Kier molecular flexibility index (Phi) is 9.70. The molecule has 0 aromatic heterocycles. The van der Waals surface area contributed by atoms with Gasteiger partial charge in [0.15, 0.2) is 5.96 Å². The summed E-state index contributed by atoms with van der Waals surface area (Å²) in [5.74, 6) is 1.42. The number of nitrogens with one attached hydrogen (secondary N) is 2. The zero-order valence-corrected chi connectivity index (χ0v) is 15.9. The predicted molar refractivity (Wildman–Crippen MR) is 103 cm³/mol. The quantitative estimate of drug-likeness (QED) is 0.379. The molecular weight excluding hydrogens is 338 g/mol. The van der Waals surface area contributed by atoms with Crippen LogP contribution in [0.1, 0.15) is 24.8 Å². The lowest BCUT2D eigenvalue weighted by Crippen LogP contribution is -2.38. The topological polar surface area (TPSA) is 54.9 Å². The summed E-state index contributed by atoms with van der Waals surface area (Å²) in [4.78, 5) is 4.24. The van der Waals surface area contributed by atoms with E-state index in [9.17, 15) is 0 Å². The number of nitrogens with zero attached hydrogens (tertiary/aromatic N) is 1. The van der Waals surface area contributed by atoms with Gasteiger partial charge in [0.1, 0.15) is 0 Å². The van der Waals surface area contributed by atoms with Gasteiger partial charge in [-0.25, -0.2) is 0 Å². The van der Waals surface area contributed by atoms with Crippen LogP contribution in [0.4, 0.5) is 0 Å². The van der Waals surface area contributed by atoms with E-state index < -0.39 is 0 Å². The smallest absolute Gasteiger partial charge is 0.190 e. The van der Waals surface area contributed by atoms with Crippen LogP contribution in [0.2, 0.25) is 5.02 Å². The molecule has 2 rings (SSSR count). The fourth-order valence-electron chi connectivity index (χ4n) is 2.75. The lowest BCUT2D eigenvalue weighted by molar-refractivity contribution is 0.0888. The van der Waals surface area contributed by atoms with Crippen LogP contribution in [0.15, 0.2) is 29.3 Å². The van der Waals surface area contributed by atoms with Gasteiger partial charge < -0.3 is 20.1 Å². The molecular formula is C19H30ClN3O2. The van der Waals surface area contributed by atoms with Gasteiger partial charge in [-0.2, -0.15) is 0 Å². The van der Waals surface area contributed by atoms with Crippen molar-refractivity contribution in [1.82, 2.24) is 10.6 Å². The van der Waals surface area contributed by atoms with E-state index >= 15 is 0 Å². The first kappa shape index (κ1) is 20.0. The highest BCUT2D eigenvalue weighted by Crippen LogP contribution is 2.16. The van der Waals surface area contributed by atoms with Crippen LogP contribution in [0.5, 0.6) is 0 Å². The number of guanidine groups is 1. The fourth-order valence-corrected chi connectivity index (χ4v) is 2.98. The maximum Gasteiger partial charge on any atom is 0.190 e. The van der Waals surface area contributed by atoms with Gasteiger partial charge in [0.2, 0.25) is 0 Å². The van der Waals surface area contributed by atoms with Crippen LogP contribution in [0, 0.1) is 5.92 Å². The van der Waals surface area contributed by atoms with Crippen LogP contribution < -0.4 is 10.6 Å². The number of benzene rings is 1. The summed E-state index contributed by atoms with van der Waals surface area (Å²) in [5, 5.41) is 7.49. The molecule has 25 heavy (non-hydrogen) atoms. The maximum atomic E-state index is 6.17. The Morgan fingerprint density at radius 2 is 2.08 bits per heavy atom. The minimum atomic E-state index is 0.584. The number of hydrogen-bond acceptors (Lipinski definition) is 3. The molecule has 0 bridgehead atoms. The van der Waals surface area contributed by atoms with E-state index in [0.29, 0.717) is 5.92 Å². The highest BCUT2D eigenvalue weighted by Gasteiger charge is 2.15. The Morgan fingerprint density at radius 3 is 2.80 bits per heavy atom. The van der Waals surface area contributed by atoms with Gasteiger partial charge in [0.25, 0.3) is 0 Å². The Balaban J connectivity index is 1.48. The molecule has 0 amide bonds. The zero-order valence-electron chi connectivity index (χ0n) is 15.1. The second kappa shape index (κ2) is 12.1.